The molecule has 0 fully saturated rings. The third-order valence-electron chi connectivity index (χ3n) is 1.17. The van der Waals surface area contributed by atoms with Gasteiger partial charge in [-0.3, -0.25) is 0 Å². The van der Waals surface area contributed by atoms with Crippen molar-refractivity contribution < 1.29 is 4.39 Å². The van der Waals surface area contributed by atoms with E-state index in [4.69, 9.17) is 0 Å². The van der Waals surface area contributed by atoms with Crippen LogP contribution in [0.1, 0.15) is 11.5 Å². The predicted molar refractivity (Wildman–Crippen MR) is 36.2 cm³/mol. The first-order chi connectivity index (χ1) is 4.86. The van der Waals surface area contributed by atoms with Crippen LogP contribution in [0.2, 0.25) is 0 Å². The van der Waals surface area contributed by atoms with Crippen LogP contribution in [0, 0.1) is 0 Å². The molecule has 0 spiro atoms. The molecule has 1 rings (SSSR count). The van der Waals surface area contributed by atoms with E-state index in [-0.39, 0.29) is 0 Å². The summed E-state index contributed by atoms with van der Waals surface area (Å²) in [6.07, 6.45) is 1.63. The molecule has 0 radical (unpaired) electrons. The SMILES string of the molecule is CNCc1cnc(CF)[nH]1. The zero-order valence-electron chi connectivity index (χ0n) is 5.82. The molecule has 1 heterocycles. The maximum Gasteiger partial charge on any atom is 0.147 e. The van der Waals surface area contributed by atoms with Crippen molar-refractivity contribution in [3.8, 4) is 0 Å². The van der Waals surface area contributed by atoms with E-state index in [9.17, 15) is 4.39 Å². The smallest absolute Gasteiger partial charge is 0.147 e. The topological polar surface area (TPSA) is 40.7 Å². The molecule has 0 aliphatic rings. The van der Waals surface area contributed by atoms with Crippen molar-refractivity contribution in [2.75, 3.05) is 7.05 Å². The normalized spacial score (nSPS) is 10.2. The molecule has 56 valence electrons. The fourth-order valence-electron chi connectivity index (χ4n) is 0.754. The van der Waals surface area contributed by atoms with Crippen molar-refractivity contribution in [2.45, 2.75) is 13.2 Å². The van der Waals surface area contributed by atoms with Crippen LogP contribution in [-0.2, 0) is 13.2 Å². The van der Waals surface area contributed by atoms with E-state index in [2.05, 4.69) is 15.3 Å². The highest BCUT2D eigenvalue weighted by molar-refractivity contribution is 4.99. The molecule has 0 amide bonds. The third-order valence-corrected chi connectivity index (χ3v) is 1.17. The van der Waals surface area contributed by atoms with Crippen LogP contribution in [0.3, 0.4) is 0 Å². The monoisotopic (exact) mass is 143 g/mol. The lowest BCUT2D eigenvalue weighted by atomic mass is 10.5. The Morgan fingerprint density at radius 2 is 2.60 bits per heavy atom. The number of alkyl halides is 1. The van der Waals surface area contributed by atoms with Gasteiger partial charge in [-0.1, -0.05) is 0 Å². The molecule has 4 heteroatoms. The summed E-state index contributed by atoms with van der Waals surface area (Å²) in [5, 5.41) is 2.93. The summed E-state index contributed by atoms with van der Waals surface area (Å²) < 4.78 is 11.9. The van der Waals surface area contributed by atoms with Gasteiger partial charge in [0.2, 0.25) is 0 Å². The summed E-state index contributed by atoms with van der Waals surface area (Å²) in [6, 6.07) is 0. The molecule has 3 nitrogen and oxygen atoms in total. The summed E-state index contributed by atoms with van der Waals surface area (Å²) in [4.78, 5) is 6.60. The van der Waals surface area contributed by atoms with Crippen LogP contribution >= 0.6 is 0 Å². The number of halogens is 1. The second-order valence-electron chi connectivity index (χ2n) is 2.02. The molecule has 10 heavy (non-hydrogen) atoms. The highest BCUT2D eigenvalue weighted by atomic mass is 19.1. The minimum Gasteiger partial charge on any atom is -0.343 e. The second kappa shape index (κ2) is 3.31. The Morgan fingerprint density at radius 1 is 1.80 bits per heavy atom. The van der Waals surface area contributed by atoms with Gasteiger partial charge >= 0.3 is 0 Å². The van der Waals surface area contributed by atoms with E-state index in [1.54, 1.807) is 6.20 Å². The van der Waals surface area contributed by atoms with Crippen LogP contribution in [-0.4, -0.2) is 17.0 Å². The number of hydrogen-bond acceptors (Lipinski definition) is 2. The van der Waals surface area contributed by atoms with Gasteiger partial charge in [0.25, 0.3) is 0 Å². The molecule has 0 bridgehead atoms. The van der Waals surface area contributed by atoms with E-state index in [1.165, 1.54) is 0 Å². The van der Waals surface area contributed by atoms with Crippen molar-refractivity contribution in [2.24, 2.45) is 0 Å². The number of imidazole rings is 1. The predicted octanol–water partition coefficient (Wildman–Crippen LogP) is 0.599. The van der Waals surface area contributed by atoms with Crippen LogP contribution in [0.5, 0.6) is 0 Å². The Morgan fingerprint density at radius 3 is 3.10 bits per heavy atom. The van der Waals surface area contributed by atoms with Crippen molar-refractivity contribution in [3.05, 3.63) is 17.7 Å². The minimum atomic E-state index is -0.524. The van der Waals surface area contributed by atoms with E-state index >= 15 is 0 Å². The van der Waals surface area contributed by atoms with Gasteiger partial charge in [0.1, 0.15) is 12.5 Å². The molecule has 0 aromatic carbocycles. The average molecular weight is 143 g/mol. The van der Waals surface area contributed by atoms with Gasteiger partial charge in [0.05, 0.1) is 0 Å². The lowest BCUT2D eigenvalue weighted by Crippen LogP contribution is -2.05. The highest BCUT2D eigenvalue weighted by Crippen LogP contribution is 1.97. The Labute approximate surface area is 58.7 Å². The van der Waals surface area contributed by atoms with Gasteiger partial charge < -0.3 is 10.3 Å². The van der Waals surface area contributed by atoms with Crippen molar-refractivity contribution in [1.82, 2.24) is 15.3 Å². The van der Waals surface area contributed by atoms with Gasteiger partial charge in [-0.15, -0.1) is 0 Å². The van der Waals surface area contributed by atoms with Crippen molar-refractivity contribution in [1.29, 1.82) is 0 Å². The zero-order valence-corrected chi connectivity index (χ0v) is 5.82. The lowest BCUT2D eigenvalue weighted by Gasteiger charge is -1.91. The first-order valence-electron chi connectivity index (χ1n) is 3.10. The molecule has 0 atom stereocenters. The number of H-pyrrole nitrogens is 1. The van der Waals surface area contributed by atoms with Crippen molar-refractivity contribution >= 4 is 0 Å². The quantitative estimate of drug-likeness (QED) is 0.650. The molecule has 2 N–H and O–H groups in total. The molecule has 0 saturated carbocycles. The Bertz CT molecular complexity index is 197. The number of hydrogen-bond donors (Lipinski definition) is 2. The molecule has 0 aliphatic heterocycles. The third kappa shape index (κ3) is 1.54. The molecule has 0 aliphatic carbocycles. The van der Waals surface area contributed by atoms with Gasteiger partial charge in [0.15, 0.2) is 0 Å². The Hall–Kier alpha value is -0.900. The van der Waals surface area contributed by atoms with Crippen LogP contribution < -0.4 is 5.32 Å². The highest BCUT2D eigenvalue weighted by Gasteiger charge is 1.96. The number of nitrogens with one attached hydrogen (secondary N) is 2. The van der Waals surface area contributed by atoms with E-state index in [1.807, 2.05) is 7.05 Å². The fourth-order valence-corrected chi connectivity index (χ4v) is 0.754. The van der Waals surface area contributed by atoms with Crippen LogP contribution in [0.25, 0.3) is 0 Å². The first kappa shape index (κ1) is 7.21. The molecule has 0 saturated heterocycles. The number of nitrogens with zero attached hydrogens (tertiary/aromatic N) is 1. The minimum absolute atomic E-state index is 0.394. The number of aromatic nitrogens is 2. The first-order valence-corrected chi connectivity index (χ1v) is 3.10. The second-order valence-corrected chi connectivity index (χ2v) is 2.02. The van der Waals surface area contributed by atoms with Gasteiger partial charge in [0, 0.05) is 18.4 Å². The summed E-state index contributed by atoms with van der Waals surface area (Å²) in [6.45, 7) is 0.177. The molecule has 1 aromatic heterocycles. The zero-order chi connectivity index (χ0) is 7.40. The summed E-state index contributed by atoms with van der Waals surface area (Å²) >= 11 is 0. The molecule has 1 aromatic rings. The van der Waals surface area contributed by atoms with E-state index in [0.717, 1.165) is 5.69 Å². The maximum absolute atomic E-state index is 11.9. The summed E-state index contributed by atoms with van der Waals surface area (Å²) in [5.74, 6) is 0.394. The maximum atomic E-state index is 11.9. The standard InChI is InChI=1S/C6H10FN3/c1-8-3-5-4-9-6(2-7)10-5/h4,8H,2-3H2,1H3,(H,9,10). The van der Waals surface area contributed by atoms with Crippen LogP contribution in [0.4, 0.5) is 4.39 Å². The summed E-state index contributed by atoms with van der Waals surface area (Å²) in [5.41, 5.74) is 0.912. The Kier molecular flexibility index (Phi) is 2.39. The van der Waals surface area contributed by atoms with Gasteiger partial charge in [-0.2, -0.15) is 0 Å². The molecular weight excluding hydrogens is 133 g/mol. The molecule has 0 unspecified atom stereocenters. The van der Waals surface area contributed by atoms with Crippen LogP contribution in [0.15, 0.2) is 6.20 Å². The molecular formula is C6H10FN3. The largest absolute Gasteiger partial charge is 0.343 e. The van der Waals surface area contributed by atoms with Gasteiger partial charge in [-0.05, 0) is 7.05 Å². The Balaban J connectivity index is 2.59. The fraction of sp³-hybridized carbons (Fsp3) is 0.500. The summed E-state index contributed by atoms with van der Waals surface area (Å²) in [7, 11) is 1.83. The van der Waals surface area contributed by atoms with E-state index in [0.29, 0.717) is 12.4 Å². The average Bonchev–Trinajstić information content (AvgIpc) is 2.37. The van der Waals surface area contributed by atoms with Gasteiger partial charge in [-0.25, -0.2) is 9.37 Å². The van der Waals surface area contributed by atoms with Crippen molar-refractivity contribution in [3.63, 3.8) is 0 Å². The number of aromatic amines is 1. The van der Waals surface area contributed by atoms with E-state index < -0.39 is 6.67 Å². The lowest BCUT2D eigenvalue weighted by molar-refractivity contribution is 0.467. The number of rotatable bonds is 3.